The summed E-state index contributed by atoms with van der Waals surface area (Å²) < 4.78 is 12.8. The second kappa shape index (κ2) is 9.28. The van der Waals surface area contributed by atoms with Gasteiger partial charge in [0.1, 0.15) is 11.6 Å². The fraction of sp³-hybridized carbons (Fsp3) is 0.348. The molecule has 0 bridgehead atoms. The molecule has 0 saturated heterocycles. The Morgan fingerprint density at radius 2 is 2.06 bits per heavy atom. The second-order valence-corrected chi connectivity index (χ2v) is 7.45. The van der Waals surface area contributed by atoms with Gasteiger partial charge in [-0.3, -0.25) is 9.67 Å². The fourth-order valence-electron chi connectivity index (χ4n) is 3.69. The third kappa shape index (κ3) is 4.60. The van der Waals surface area contributed by atoms with Crippen molar-refractivity contribution in [3.8, 4) is 11.1 Å². The van der Waals surface area contributed by atoms with E-state index in [2.05, 4.69) is 15.0 Å². The predicted molar refractivity (Wildman–Crippen MR) is 119 cm³/mol. The number of rotatable bonds is 8. The molecule has 1 unspecified atom stereocenters. The molecule has 0 aliphatic heterocycles. The molecule has 8 nitrogen and oxygen atoms in total. The van der Waals surface area contributed by atoms with E-state index in [1.165, 1.54) is 0 Å². The maximum atomic E-state index is 9.45. The van der Waals surface area contributed by atoms with Crippen LogP contribution >= 0.6 is 0 Å². The van der Waals surface area contributed by atoms with E-state index in [-0.39, 0.29) is 12.7 Å². The van der Waals surface area contributed by atoms with Crippen molar-refractivity contribution in [3.63, 3.8) is 0 Å². The van der Waals surface area contributed by atoms with Gasteiger partial charge in [0.05, 0.1) is 30.4 Å². The highest BCUT2D eigenvalue weighted by atomic mass is 16.5. The standard InChI is InChI=1S/C23H27N5O3/c1-27-15-17(14-25-27)16-9-22-21(24-13-16)5-6-23(26-22)28(7-4-8-29)18-10-19(30-2)12-20(11-18)31-3/h5-6,9-10,12-15,20,29H,4,7-8,11H2,1-3H3. The number of hydrogen-bond donors (Lipinski definition) is 1. The summed E-state index contributed by atoms with van der Waals surface area (Å²) in [4.78, 5) is 11.6. The van der Waals surface area contributed by atoms with E-state index in [9.17, 15) is 5.11 Å². The molecule has 162 valence electrons. The molecule has 0 spiro atoms. The van der Waals surface area contributed by atoms with E-state index in [0.717, 1.165) is 39.4 Å². The summed E-state index contributed by atoms with van der Waals surface area (Å²) in [5.74, 6) is 1.55. The number of aryl methyl sites for hydroxylation is 1. The normalized spacial score (nSPS) is 16.2. The van der Waals surface area contributed by atoms with Gasteiger partial charge in [-0.2, -0.15) is 5.10 Å². The van der Waals surface area contributed by atoms with E-state index >= 15 is 0 Å². The van der Waals surface area contributed by atoms with Crippen LogP contribution in [0.25, 0.3) is 22.2 Å². The van der Waals surface area contributed by atoms with Crippen LogP contribution in [0.2, 0.25) is 0 Å². The lowest BCUT2D eigenvalue weighted by molar-refractivity contribution is 0.133. The minimum absolute atomic E-state index is 0.0779. The average Bonchev–Trinajstić information content (AvgIpc) is 3.24. The summed E-state index contributed by atoms with van der Waals surface area (Å²) in [6, 6.07) is 5.96. The number of fused-ring (bicyclic) bond motifs is 1. The summed E-state index contributed by atoms with van der Waals surface area (Å²) in [5, 5.41) is 13.7. The van der Waals surface area contributed by atoms with Gasteiger partial charge in [-0.15, -0.1) is 0 Å². The molecule has 1 N–H and O–H groups in total. The summed E-state index contributed by atoms with van der Waals surface area (Å²) in [5.41, 5.74) is 4.61. The molecule has 3 aromatic rings. The van der Waals surface area contributed by atoms with Gasteiger partial charge in [0, 0.05) is 62.9 Å². The Bertz CT molecular complexity index is 1120. The Morgan fingerprint density at radius 1 is 1.19 bits per heavy atom. The summed E-state index contributed by atoms with van der Waals surface area (Å²) in [6.07, 6.45) is 10.8. The third-order valence-corrected chi connectivity index (χ3v) is 5.33. The van der Waals surface area contributed by atoms with Crippen LogP contribution in [-0.2, 0) is 16.5 Å². The number of pyridine rings is 2. The molecule has 4 rings (SSSR count). The quantitative estimate of drug-likeness (QED) is 0.598. The van der Waals surface area contributed by atoms with Crippen molar-refractivity contribution in [2.75, 3.05) is 32.3 Å². The number of ether oxygens (including phenoxy) is 2. The summed E-state index contributed by atoms with van der Waals surface area (Å²) >= 11 is 0. The van der Waals surface area contributed by atoms with Crippen LogP contribution in [0.15, 0.2) is 60.4 Å². The van der Waals surface area contributed by atoms with Crippen LogP contribution < -0.4 is 4.90 Å². The molecule has 0 fully saturated rings. The first-order valence-electron chi connectivity index (χ1n) is 10.2. The van der Waals surface area contributed by atoms with Crippen LogP contribution in [-0.4, -0.2) is 58.3 Å². The van der Waals surface area contributed by atoms with Crippen LogP contribution in [0.3, 0.4) is 0 Å². The fourth-order valence-corrected chi connectivity index (χ4v) is 3.69. The zero-order valence-corrected chi connectivity index (χ0v) is 18.0. The molecular weight excluding hydrogens is 394 g/mol. The molecule has 3 heterocycles. The van der Waals surface area contributed by atoms with E-state index in [0.29, 0.717) is 19.4 Å². The topological polar surface area (TPSA) is 85.5 Å². The monoisotopic (exact) mass is 421 g/mol. The lowest BCUT2D eigenvalue weighted by Gasteiger charge is -2.30. The Kier molecular flexibility index (Phi) is 6.29. The molecule has 0 amide bonds. The zero-order chi connectivity index (χ0) is 21.8. The van der Waals surface area contributed by atoms with Crippen molar-refractivity contribution < 1.29 is 14.6 Å². The highest BCUT2D eigenvalue weighted by Gasteiger charge is 2.22. The van der Waals surface area contributed by atoms with Gasteiger partial charge in [0.2, 0.25) is 0 Å². The lowest BCUT2D eigenvalue weighted by Crippen LogP contribution is -2.30. The van der Waals surface area contributed by atoms with Gasteiger partial charge in [-0.25, -0.2) is 4.98 Å². The first-order chi connectivity index (χ1) is 15.1. The van der Waals surface area contributed by atoms with E-state index < -0.39 is 0 Å². The highest BCUT2D eigenvalue weighted by molar-refractivity contribution is 5.81. The predicted octanol–water partition coefficient (Wildman–Crippen LogP) is 3.05. The van der Waals surface area contributed by atoms with Crippen molar-refractivity contribution in [2.45, 2.75) is 18.9 Å². The minimum atomic E-state index is -0.0779. The summed E-state index contributed by atoms with van der Waals surface area (Å²) in [6.45, 7) is 0.731. The third-order valence-electron chi connectivity index (χ3n) is 5.33. The van der Waals surface area contributed by atoms with Gasteiger partial charge in [-0.1, -0.05) is 0 Å². The smallest absolute Gasteiger partial charge is 0.133 e. The Balaban J connectivity index is 1.73. The number of aliphatic hydroxyl groups excluding tert-OH is 1. The van der Waals surface area contributed by atoms with E-state index in [1.807, 2.05) is 56.0 Å². The largest absolute Gasteiger partial charge is 0.497 e. The molecule has 1 atom stereocenters. The van der Waals surface area contributed by atoms with Crippen LogP contribution in [0.4, 0.5) is 5.82 Å². The van der Waals surface area contributed by atoms with Gasteiger partial charge in [-0.05, 0) is 36.8 Å². The Morgan fingerprint density at radius 3 is 2.77 bits per heavy atom. The molecule has 3 aromatic heterocycles. The van der Waals surface area contributed by atoms with Crippen molar-refractivity contribution in [1.29, 1.82) is 0 Å². The van der Waals surface area contributed by atoms with Gasteiger partial charge in [0.25, 0.3) is 0 Å². The number of nitrogens with zero attached hydrogens (tertiary/aromatic N) is 5. The first-order valence-corrected chi connectivity index (χ1v) is 10.2. The summed E-state index contributed by atoms with van der Waals surface area (Å²) in [7, 11) is 5.23. The van der Waals surface area contributed by atoms with Gasteiger partial charge < -0.3 is 19.5 Å². The van der Waals surface area contributed by atoms with E-state index in [1.54, 1.807) is 18.9 Å². The van der Waals surface area contributed by atoms with E-state index in [4.69, 9.17) is 14.5 Å². The number of anilines is 1. The second-order valence-electron chi connectivity index (χ2n) is 7.45. The van der Waals surface area contributed by atoms with Crippen molar-refractivity contribution in [2.24, 2.45) is 7.05 Å². The minimum Gasteiger partial charge on any atom is -0.497 e. The van der Waals surface area contributed by atoms with Gasteiger partial charge in [0.15, 0.2) is 0 Å². The highest BCUT2D eigenvalue weighted by Crippen LogP contribution is 2.29. The molecule has 8 heteroatoms. The molecule has 31 heavy (non-hydrogen) atoms. The number of aliphatic hydroxyl groups is 1. The molecule has 0 radical (unpaired) electrons. The lowest BCUT2D eigenvalue weighted by atomic mass is 10.0. The number of allylic oxidation sites excluding steroid dienone is 1. The van der Waals surface area contributed by atoms with Crippen LogP contribution in [0.1, 0.15) is 12.8 Å². The molecule has 0 saturated carbocycles. The Labute approximate surface area is 181 Å². The van der Waals surface area contributed by atoms with Crippen LogP contribution in [0, 0.1) is 0 Å². The number of aromatic nitrogens is 4. The Hall–Kier alpha value is -3.23. The molecule has 0 aromatic carbocycles. The number of hydrogen-bond acceptors (Lipinski definition) is 7. The van der Waals surface area contributed by atoms with Crippen molar-refractivity contribution >= 4 is 16.9 Å². The molecule has 1 aliphatic rings. The first kappa shape index (κ1) is 21.0. The average molecular weight is 422 g/mol. The maximum absolute atomic E-state index is 9.45. The molecule has 1 aliphatic carbocycles. The molecular formula is C23H27N5O3. The maximum Gasteiger partial charge on any atom is 0.133 e. The van der Waals surface area contributed by atoms with Gasteiger partial charge >= 0.3 is 0 Å². The SMILES string of the molecule is COC1=CC(OC)CC(N(CCCO)c2ccc3ncc(-c4cnn(C)c4)cc3n2)=C1. The van der Waals surface area contributed by atoms with Crippen LogP contribution in [0.5, 0.6) is 0 Å². The number of methoxy groups -OCH3 is 2. The zero-order valence-electron chi connectivity index (χ0n) is 18.0. The van der Waals surface area contributed by atoms with Crippen molar-refractivity contribution in [1.82, 2.24) is 19.7 Å². The van der Waals surface area contributed by atoms with Crippen molar-refractivity contribution in [3.05, 3.63) is 60.4 Å².